The smallest absolute Gasteiger partial charge is 0.358 e. The summed E-state index contributed by atoms with van der Waals surface area (Å²) < 4.78 is 6.21. The molecule has 8 nitrogen and oxygen atoms in total. The molecule has 0 bridgehead atoms. The quantitative estimate of drug-likeness (QED) is 0.511. The van der Waals surface area contributed by atoms with Crippen LogP contribution in [0.5, 0.6) is 0 Å². The maximum absolute atomic E-state index is 11.4. The van der Waals surface area contributed by atoms with Gasteiger partial charge in [0.2, 0.25) is 5.91 Å². The van der Waals surface area contributed by atoms with E-state index >= 15 is 0 Å². The van der Waals surface area contributed by atoms with Crippen LogP contribution in [0.1, 0.15) is 16.1 Å². The van der Waals surface area contributed by atoms with Crippen LogP contribution in [0.4, 0.5) is 0 Å². The first kappa shape index (κ1) is 15.9. The SMILES string of the molecule is COC(=O)c1ccn(-c2ccc(C=NN=C3NC(=O)CS3)cc2)n1. The number of hydrogen-bond acceptors (Lipinski definition) is 7. The van der Waals surface area contributed by atoms with Crippen molar-refractivity contribution < 1.29 is 14.3 Å². The van der Waals surface area contributed by atoms with Crippen LogP contribution in [0.3, 0.4) is 0 Å². The Bertz CT molecular complexity index is 826. The molecule has 3 rings (SSSR count). The molecule has 0 saturated carbocycles. The van der Waals surface area contributed by atoms with Crippen molar-refractivity contribution >= 4 is 35.0 Å². The summed E-state index contributed by atoms with van der Waals surface area (Å²) >= 11 is 1.32. The Labute approximate surface area is 141 Å². The van der Waals surface area contributed by atoms with E-state index in [-0.39, 0.29) is 11.6 Å². The molecule has 1 saturated heterocycles. The maximum atomic E-state index is 11.4. The molecule has 1 aromatic heterocycles. The Hall–Kier alpha value is -2.94. The summed E-state index contributed by atoms with van der Waals surface area (Å²) in [5.74, 6) is -0.169. The minimum Gasteiger partial charge on any atom is -0.464 e. The topological polar surface area (TPSA) is 97.9 Å². The second kappa shape index (κ2) is 7.09. The third-order valence-corrected chi connectivity index (χ3v) is 3.95. The highest BCUT2D eigenvalue weighted by molar-refractivity contribution is 8.15. The van der Waals surface area contributed by atoms with Gasteiger partial charge in [-0.15, -0.1) is 5.10 Å². The molecule has 1 fully saturated rings. The summed E-state index contributed by atoms with van der Waals surface area (Å²) in [6, 6.07) is 8.96. The van der Waals surface area contributed by atoms with E-state index in [4.69, 9.17) is 0 Å². The lowest BCUT2D eigenvalue weighted by Crippen LogP contribution is -2.19. The molecule has 2 aromatic rings. The Kier molecular flexibility index (Phi) is 4.71. The van der Waals surface area contributed by atoms with Crippen LogP contribution in [0.25, 0.3) is 5.69 Å². The van der Waals surface area contributed by atoms with Gasteiger partial charge in [0.1, 0.15) is 0 Å². The van der Waals surface area contributed by atoms with Crippen LogP contribution in [0.2, 0.25) is 0 Å². The number of aromatic nitrogens is 2. The van der Waals surface area contributed by atoms with Gasteiger partial charge in [-0.25, -0.2) is 9.48 Å². The molecule has 2 heterocycles. The highest BCUT2D eigenvalue weighted by Crippen LogP contribution is 2.11. The molecule has 24 heavy (non-hydrogen) atoms. The summed E-state index contributed by atoms with van der Waals surface area (Å²) in [5, 5.41) is 15.1. The number of rotatable bonds is 4. The molecule has 0 aliphatic carbocycles. The molecule has 9 heteroatoms. The Morgan fingerprint density at radius 1 is 1.38 bits per heavy atom. The average Bonchev–Trinajstić information content (AvgIpc) is 3.24. The van der Waals surface area contributed by atoms with Gasteiger partial charge in [0, 0.05) is 6.20 Å². The highest BCUT2D eigenvalue weighted by atomic mass is 32.2. The first-order chi connectivity index (χ1) is 11.7. The van der Waals surface area contributed by atoms with Crippen LogP contribution >= 0.6 is 11.8 Å². The summed E-state index contributed by atoms with van der Waals surface area (Å²) in [6.45, 7) is 0. The number of carbonyl (C=O) groups is 2. The van der Waals surface area contributed by atoms with Gasteiger partial charge in [-0.3, -0.25) is 4.79 Å². The number of nitrogens with zero attached hydrogens (tertiary/aromatic N) is 4. The fourth-order valence-corrected chi connectivity index (χ4v) is 2.55. The van der Waals surface area contributed by atoms with Gasteiger partial charge >= 0.3 is 5.97 Å². The monoisotopic (exact) mass is 343 g/mol. The van der Waals surface area contributed by atoms with Crippen molar-refractivity contribution in [3.63, 3.8) is 0 Å². The standard InChI is InChI=1S/C15H13N5O3S/c1-23-14(22)12-6-7-20(19-12)11-4-2-10(3-5-11)8-16-18-15-17-13(21)9-24-15/h2-8H,9H2,1H3,(H,17,18,21). The molecule has 0 radical (unpaired) electrons. The maximum Gasteiger partial charge on any atom is 0.358 e. The molecule has 0 unspecified atom stereocenters. The molecule has 1 amide bonds. The number of ether oxygens (including phenoxy) is 1. The van der Waals surface area contributed by atoms with Crippen LogP contribution in [0, 0.1) is 0 Å². The number of thioether (sulfide) groups is 1. The van der Waals surface area contributed by atoms with E-state index in [1.165, 1.54) is 18.9 Å². The third-order valence-electron chi connectivity index (χ3n) is 3.08. The molecule has 1 aliphatic rings. The number of amidine groups is 1. The van der Waals surface area contributed by atoms with Crippen LogP contribution in [0.15, 0.2) is 46.7 Å². The molecule has 1 aliphatic heterocycles. The van der Waals surface area contributed by atoms with Crippen molar-refractivity contribution in [1.29, 1.82) is 0 Å². The molecule has 0 spiro atoms. The van der Waals surface area contributed by atoms with Gasteiger partial charge in [-0.2, -0.15) is 10.2 Å². The lowest BCUT2D eigenvalue weighted by molar-refractivity contribution is -0.116. The summed E-state index contributed by atoms with van der Waals surface area (Å²) in [5.41, 5.74) is 1.89. The Morgan fingerprint density at radius 3 is 2.83 bits per heavy atom. The predicted molar refractivity (Wildman–Crippen MR) is 90.5 cm³/mol. The minimum absolute atomic E-state index is 0.0659. The number of benzene rings is 1. The number of nitrogens with one attached hydrogen (secondary N) is 1. The average molecular weight is 343 g/mol. The van der Waals surface area contributed by atoms with Crippen molar-refractivity contribution in [3.8, 4) is 5.69 Å². The van der Waals surface area contributed by atoms with Gasteiger partial charge in [0.25, 0.3) is 0 Å². The zero-order valence-corrected chi connectivity index (χ0v) is 13.5. The van der Waals surface area contributed by atoms with Crippen molar-refractivity contribution in [1.82, 2.24) is 15.1 Å². The molecule has 122 valence electrons. The second-order valence-electron chi connectivity index (χ2n) is 4.72. The Balaban J connectivity index is 1.68. The van der Waals surface area contributed by atoms with Crippen LogP contribution in [-0.2, 0) is 9.53 Å². The summed E-state index contributed by atoms with van der Waals surface area (Å²) in [7, 11) is 1.31. The van der Waals surface area contributed by atoms with E-state index in [1.54, 1.807) is 23.2 Å². The summed E-state index contributed by atoms with van der Waals surface area (Å²) in [6.07, 6.45) is 3.27. The van der Waals surface area contributed by atoms with Crippen molar-refractivity contribution in [2.24, 2.45) is 10.2 Å². The predicted octanol–water partition coefficient (Wildman–Crippen LogP) is 1.21. The zero-order chi connectivity index (χ0) is 16.9. The van der Waals surface area contributed by atoms with E-state index in [1.807, 2.05) is 24.3 Å². The third kappa shape index (κ3) is 3.69. The largest absolute Gasteiger partial charge is 0.464 e. The fraction of sp³-hybridized carbons (Fsp3) is 0.133. The first-order valence-corrected chi connectivity index (χ1v) is 7.92. The van der Waals surface area contributed by atoms with Crippen molar-refractivity contribution in [2.75, 3.05) is 12.9 Å². The molecule has 1 N–H and O–H groups in total. The zero-order valence-electron chi connectivity index (χ0n) is 12.7. The van der Waals surface area contributed by atoms with E-state index < -0.39 is 5.97 Å². The van der Waals surface area contributed by atoms with Gasteiger partial charge in [-0.05, 0) is 23.8 Å². The van der Waals surface area contributed by atoms with E-state index in [9.17, 15) is 9.59 Å². The Morgan fingerprint density at radius 2 is 2.17 bits per heavy atom. The number of amides is 1. The molecule has 0 atom stereocenters. The van der Waals surface area contributed by atoms with E-state index in [2.05, 4.69) is 25.4 Å². The number of carbonyl (C=O) groups excluding carboxylic acids is 2. The van der Waals surface area contributed by atoms with Crippen LogP contribution < -0.4 is 5.32 Å². The molecular formula is C15H13N5O3S. The van der Waals surface area contributed by atoms with Gasteiger partial charge in [0.05, 0.1) is 24.8 Å². The van der Waals surface area contributed by atoms with Gasteiger partial charge in [-0.1, -0.05) is 23.9 Å². The van der Waals surface area contributed by atoms with Crippen molar-refractivity contribution in [3.05, 3.63) is 47.8 Å². The highest BCUT2D eigenvalue weighted by Gasteiger charge is 2.15. The van der Waals surface area contributed by atoms with Gasteiger partial charge < -0.3 is 10.1 Å². The van der Waals surface area contributed by atoms with E-state index in [0.29, 0.717) is 10.9 Å². The lowest BCUT2D eigenvalue weighted by Gasteiger charge is -2.01. The summed E-state index contributed by atoms with van der Waals surface area (Å²) in [4.78, 5) is 22.4. The van der Waals surface area contributed by atoms with Gasteiger partial charge in [0.15, 0.2) is 10.9 Å². The number of hydrogen-bond donors (Lipinski definition) is 1. The molecular weight excluding hydrogens is 330 g/mol. The van der Waals surface area contributed by atoms with Crippen molar-refractivity contribution in [2.45, 2.75) is 0 Å². The lowest BCUT2D eigenvalue weighted by atomic mass is 10.2. The second-order valence-corrected chi connectivity index (χ2v) is 5.68. The van der Waals surface area contributed by atoms with Crippen LogP contribution in [-0.4, -0.2) is 45.9 Å². The first-order valence-electron chi connectivity index (χ1n) is 6.94. The number of esters is 1. The molecule has 1 aromatic carbocycles. The normalized spacial score (nSPS) is 15.9. The van der Waals surface area contributed by atoms with E-state index in [0.717, 1.165) is 11.3 Å². The minimum atomic E-state index is -0.478. The number of methoxy groups -OCH3 is 1. The fourth-order valence-electron chi connectivity index (χ4n) is 1.92.